The lowest BCUT2D eigenvalue weighted by molar-refractivity contribution is -0.115. The van der Waals surface area contributed by atoms with Gasteiger partial charge in [0.05, 0.1) is 5.75 Å². The third kappa shape index (κ3) is 2.60. The second-order valence-corrected chi connectivity index (χ2v) is 5.96. The Bertz CT molecular complexity index is 661. The second kappa shape index (κ2) is 5.59. The molecule has 0 unspecified atom stereocenters. The molecule has 0 bridgehead atoms. The van der Waals surface area contributed by atoms with Crippen LogP contribution in [0.1, 0.15) is 0 Å². The maximum Gasteiger partial charge on any atom is 0.227 e. The summed E-state index contributed by atoms with van der Waals surface area (Å²) < 4.78 is 3.49. The number of rotatable bonds is 5. The van der Waals surface area contributed by atoms with E-state index in [4.69, 9.17) is 18.0 Å². The predicted octanol–water partition coefficient (Wildman–Crippen LogP) is 1.99. The topological polar surface area (TPSA) is 73.8 Å². The van der Waals surface area contributed by atoms with Gasteiger partial charge in [0.15, 0.2) is 9.60 Å². The van der Waals surface area contributed by atoms with Crippen LogP contribution in [0.25, 0.3) is 10.3 Å². The molecule has 0 aromatic carbocycles. The number of fused-ring (bicyclic) bond motifs is 1. The molecule has 0 aliphatic carbocycles. The van der Waals surface area contributed by atoms with E-state index in [1.807, 2.05) is 4.57 Å². The molecule has 0 spiro atoms. The third-order valence-corrected chi connectivity index (χ3v) is 4.67. The lowest BCUT2D eigenvalue weighted by Gasteiger charge is -2.01. The number of amides is 1. The average molecular weight is 298 g/mol. The minimum atomic E-state index is -0.374. The van der Waals surface area contributed by atoms with Gasteiger partial charge in [0.2, 0.25) is 5.91 Å². The van der Waals surface area contributed by atoms with Gasteiger partial charge in [-0.1, -0.05) is 17.8 Å². The molecular weight excluding hydrogens is 288 g/mol. The van der Waals surface area contributed by atoms with Gasteiger partial charge in [0.25, 0.3) is 0 Å². The number of nitrogens with zero attached hydrogens (tertiary/aromatic N) is 3. The number of nitrogens with two attached hydrogens (primary N) is 1. The number of carbonyl (C=O) groups excluding carboxylic acids is 1. The first kappa shape index (κ1) is 13.2. The molecule has 0 aliphatic heterocycles. The normalized spacial score (nSPS) is 10.7. The lowest BCUT2D eigenvalue weighted by atomic mass is 10.5. The molecule has 0 fully saturated rings. The molecule has 0 aliphatic rings. The summed E-state index contributed by atoms with van der Waals surface area (Å²) in [7, 11) is 0. The Hall–Kier alpha value is -1.25. The molecule has 0 radical (unpaired) electrons. The first-order valence-electron chi connectivity index (χ1n) is 5.00. The largest absolute Gasteiger partial charge is 0.369 e. The Morgan fingerprint density at radius 1 is 1.67 bits per heavy atom. The van der Waals surface area contributed by atoms with Gasteiger partial charge in [-0.2, -0.15) is 0 Å². The molecule has 2 N–H and O–H groups in total. The zero-order chi connectivity index (χ0) is 13.1. The van der Waals surface area contributed by atoms with Crippen molar-refractivity contribution in [1.82, 2.24) is 14.5 Å². The smallest absolute Gasteiger partial charge is 0.227 e. The summed E-state index contributed by atoms with van der Waals surface area (Å²) in [6.45, 7) is 4.30. The number of thiazole rings is 1. The SMILES string of the molecule is C=CCn1c(=S)sc2c(SCC(N)=O)ncnc21. The fourth-order valence-electron chi connectivity index (χ4n) is 1.39. The van der Waals surface area contributed by atoms with E-state index in [1.54, 1.807) is 6.08 Å². The van der Waals surface area contributed by atoms with Crippen molar-refractivity contribution in [2.24, 2.45) is 5.73 Å². The molecule has 5 nitrogen and oxygen atoms in total. The average Bonchev–Trinajstić information content (AvgIpc) is 2.65. The van der Waals surface area contributed by atoms with Crippen molar-refractivity contribution < 1.29 is 4.79 Å². The van der Waals surface area contributed by atoms with Crippen LogP contribution in [0.3, 0.4) is 0 Å². The fraction of sp³-hybridized carbons (Fsp3) is 0.200. The molecule has 0 saturated carbocycles. The minimum Gasteiger partial charge on any atom is -0.369 e. The number of allylic oxidation sites excluding steroid dienone is 1. The highest BCUT2D eigenvalue weighted by Crippen LogP contribution is 2.29. The molecular formula is C10H10N4OS3. The summed E-state index contributed by atoms with van der Waals surface area (Å²) in [4.78, 5) is 19.2. The van der Waals surface area contributed by atoms with E-state index >= 15 is 0 Å². The minimum absolute atomic E-state index is 0.193. The van der Waals surface area contributed by atoms with E-state index in [-0.39, 0.29) is 11.7 Å². The maximum absolute atomic E-state index is 10.8. The van der Waals surface area contributed by atoms with Gasteiger partial charge in [-0.05, 0) is 12.2 Å². The first-order valence-corrected chi connectivity index (χ1v) is 7.21. The quantitative estimate of drug-likeness (QED) is 0.395. The van der Waals surface area contributed by atoms with Crippen LogP contribution in [-0.2, 0) is 11.3 Å². The van der Waals surface area contributed by atoms with Gasteiger partial charge in [-0.15, -0.1) is 17.9 Å². The van der Waals surface area contributed by atoms with Gasteiger partial charge < -0.3 is 10.3 Å². The Morgan fingerprint density at radius 2 is 2.44 bits per heavy atom. The zero-order valence-corrected chi connectivity index (χ0v) is 11.8. The molecule has 1 amide bonds. The van der Waals surface area contributed by atoms with Gasteiger partial charge in [-0.3, -0.25) is 4.79 Å². The molecule has 0 saturated heterocycles. The Labute approximate surface area is 117 Å². The molecule has 8 heteroatoms. The summed E-state index contributed by atoms with van der Waals surface area (Å²) in [6.07, 6.45) is 3.23. The number of hydrogen-bond donors (Lipinski definition) is 1. The van der Waals surface area contributed by atoms with Crippen LogP contribution < -0.4 is 5.73 Å². The van der Waals surface area contributed by atoms with E-state index < -0.39 is 0 Å². The van der Waals surface area contributed by atoms with Gasteiger partial charge in [-0.25, -0.2) is 9.97 Å². The highest BCUT2D eigenvalue weighted by Gasteiger charge is 2.12. The predicted molar refractivity (Wildman–Crippen MR) is 76.4 cm³/mol. The fourth-order valence-corrected chi connectivity index (χ4v) is 3.57. The van der Waals surface area contributed by atoms with Crippen LogP contribution in [0.4, 0.5) is 0 Å². The van der Waals surface area contributed by atoms with Crippen molar-refractivity contribution in [1.29, 1.82) is 0 Å². The third-order valence-electron chi connectivity index (χ3n) is 2.08. The summed E-state index contributed by atoms with van der Waals surface area (Å²) in [6, 6.07) is 0. The number of aromatic nitrogens is 3. The Balaban J connectivity index is 2.50. The molecule has 94 valence electrons. The molecule has 2 aromatic rings. The molecule has 2 aromatic heterocycles. The van der Waals surface area contributed by atoms with Crippen molar-refractivity contribution >= 4 is 51.6 Å². The standard InChI is InChI=1S/C10H10N4OS3/c1-2-3-14-8-7(18-10(14)16)9(13-5-12-8)17-4-6(11)15/h2,5H,1,3-4H2,(H2,11,15). The number of primary amides is 1. The number of hydrogen-bond acceptors (Lipinski definition) is 6. The van der Waals surface area contributed by atoms with Crippen molar-refractivity contribution in [2.45, 2.75) is 11.6 Å². The van der Waals surface area contributed by atoms with E-state index in [2.05, 4.69) is 16.5 Å². The highest BCUT2D eigenvalue weighted by atomic mass is 32.2. The summed E-state index contributed by atoms with van der Waals surface area (Å²) in [5.41, 5.74) is 5.90. The van der Waals surface area contributed by atoms with Crippen molar-refractivity contribution in [2.75, 3.05) is 5.75 Å². The molecule has 18 heavy (non-hydrogen) atoms. The first-order chi connectivity index (χ1) is 8.63. The van der Waals surface area contributed by atoms with Crippen LogP contribution in [0.2, 0.25) is 0 Å². The highest BCUT2D eigenvalue weighted by molar-refractivity contribution is 8.00. The molecule has 0 atom stereocenters. The van der Waals surface area contributed by atoms with E-state index in [0.29, 0.717) is 10.5 Å². The van der Waals surface area contributed by atoms with Crippen LogP contribution in [0, 0.1) is 3.95 Å². The van der Waals surface area contributed by atoms with Crippen LogP contribution in [0.15, 0.2) is 24.0 Å². The monoisotopic (exact) mass is 298 g/mol. The van der Waals surface area contributed by atoms with Gasteiger partial charge in [0.1, 0.15) is 16.1 Å². The second-order valence-electron chi connectivity index (χ2n) is 3.35. The van der Waals surface area contributed by atoms with Gasteiger partial charge >= 0.3 is 0 Å². The van der Waals surface area contributed by atoms with Gasteiger partial charge in [0, 0.05) is 6.54 Å². The zero-order valence-electron chi connectivity index (χ0n) is 9.33. The summed E-state index contributed by atoms with van der Waals surface area (Å²) in [5.74, 6) is -0.181. The summed E-state index contributed by atoms with van der Waals surface area (Å²) in [5, 5.41) is 0.734. The number of thioether (sulfide) groups is 1. The Kier molecular flexibility index (Phi) is 4.10. The van der Waals surface area contributed by atoms with Crippen molar-refractivity contribution in [3.63, 3.8) is 0 Å². The van der Waals surface area contributed by atoms with Crippen LogP contribution in [0.5, 0.6) is 0 Å². The number of carbonyl (C=O) groups is 1. The Morgan fingerprint density at radius 3 is 3.11 bits per heavy atom. The van der Waals surface area contributed by atoms with E-state index in [0.717, 1.165) is 15.4 Å². The molecule has 2 rings (SSSR count). The lowest BCUT2D eigenvalue weighted by Crippen LogP contribution is -2.13. The van der Waals surface area contributed by atoms with Crippen LogP contribution >= 0.6 is 35.3 Å². The van der Waals surface area contributed by atoms with Crippen molar-refractivity contribution in [3.05, 3.63) is 22.9 Å². The summed E-state index contributed by atoms with van der Waals surface area (Å²) >= 11 is 8.01. The van der Waals surface area contributed by atoms with E-state index in [9.17, 15) is 4.79 Å². The van der Waals surface area contributed by atoms with Crippen LogP contribution in [-0.4, -0.2) is 26.2 Å². The van der Waals surface area contributed by atoms with E-state index in [1.165, 1.54) is 29.4 Å². The molecule has 2 heterocycles. The maximum atomic E-state index is 10.8. The van der Waals surface area contributed by atoms with Crippen molar-refractivity contribution in [3.8, 4) is 0 Å².